The number of carbonyl (C=O) groups excluding carboxylic acids is 1. The third-order valence-electron chi connectivity index (χ3n) is 4.34. The molecule has 1 aromatic rings. The predicted molar refractivity (Wildman–Crippen MR) is 83.1 cm³/mol. The lowest BCUT2D eigenvalue weighted by Gasteiger charge is -2.27. The smallest absolute Gasteiger partial charge is 0.311 e. The largest absolute Gasteiger partial charge is 0.481 e. The van der Waals surface area contributed by atoms with Crippen LogP contribution in [0.2, 0.25) is 0 Å². The molecule has 1 rings (SSSR count). The van der Waals surface area contributed by atoms with Gasteiger partial charge in [0.25, 0.3) is 0 Å². The fourth-order valence-corrected chi connectivity index (χ4v) is 2.43. The van der Waals surface area contributed by atoms with Gasteiger partial charge in [-0.25, -0.2) is 4.39 Å². The standard InChI is InChI=1S/C17H24FNO3/c1-4-17(5-2,16(21)22)11-19-15(20)9-12(3)13-7-6-8-14(18)10-13/h6-8,10,12H,4-5,9,11H2,1-3H3,(H,19,20)(H,21,22). The second-order valence-electron chi connectivity index (χ2n) is 5.73. The van der Waals surface area contributed by atoms with Crippen molar-refractivity contribution in [2.24, 2.45) is 5.41 Å². The van der Waals surface area contributed by atoms with Crippen LogP contribution in [0.4, 0.5) is 4.39 Å². The molecule has 0 aliphatic rings. The lowest BCUT2D eigenvalue weighted by Crippen LogP contribution is -2.42. The van der Waals surface area contributed by atoms with Crippen molar-refractivity contribution >= 4 is 11.9 Å². The molecule has 5 heteroatoms. The van der Waals surface area contributed by atoms with Gasteiger partial charge in [-0.2, -0.15) is 0 Å². The van der Waals surface area contributed by atoms with Crippen LogP contribution in [0, 0.1) is 11.2 Å². The molecule has 1 unspecified atom stereocenters. The van der Waals surface area contributed by atoms with E-state index in [0.29, 0.717) is 12.8 Å². The van der Waals surface area contributed by atoms with Crippen LogP contribution in [0.5, 0.6) is 0 Å². The quantitative estimate of drug-likeness (QED) is 0.774. The molecule has 0 radical (unpaired) electrons. The lowest BCUT2D eigenvalue weighted by atomic mass is 9.82. The van der Waals surface area contributed by atoms with Crippen LogP contribution in [-0.2, 0) is 9.59 Å². The molecular formula is C17H24FNO3. The summed E-state index contributed by atoms with van der Waals surface area (Å²) in [5.41, 5.74) is -0.164. The molecule has 4 nitrogen and oxygen atoms in total. The number of benzene rings is 1. The average Bonchev–Trinajstić information content (AvgIpc) is 2.48. The van der Waals surface area contributed by atoms with Crippen molar-refractivity contribution in [3.63, 3.8) is 0 Å². The number of hydrogen-bond acceptors (Lipinski definition) is 2. The number of hydrogen-bond donors (Lipinski definition) is 2. The van der Waals surface area contributed by atoms with Crippen molar-refractivity contribution in [1.29, 1.82) is 0 Å². The number of aliphatic carboxylic acids is 1. The highest BCUT2D eigenvalue weighted by Crippen LogP contribution is 2.26. The zero-order valence-corrected chi connectivity index (χ0v) is 13.4. The van der Waals surface area contributed by atoms with Crippen LogP contribution in [0.3, 0.4) is 0 Å². The van der Waals surface area contributed by atoms with E-state index in [-0.39, 0.29) is 30.6 Å². The van der Waals surface area contributed by atoms with Crippen LogP contribution < -0.4 is 5.32 Å². The first-order valence-corrected chi connectivity index (χ1v) is 7.60. The van der Waals surface area contributed by atoms with E-state index in [1.807, 2.05) is 6.92 Å². The molecule has 1 aromatic carbocycles. The molecule has 122 valence electrons. The number of carboxylic acids is 1. The first-order chi connectivity index (χ1) is 10.3. The van der Waals surface area contributed by atoms with Crippen LogP contribution in [-0.4, -0.2) is 23.5 Å². The molecule has 0 bridgehead atoms. The summed E-state index contributed by atoms with van der Waals surface area (Å²) in [5, 5.41) is 12.0. The first-order valence-electron chi connectivity index (χ1n) is 7.60. The highest BCUT2D eigenvalue weighted by molar-refractivity contribution is 5.79. The summed E-state index contributed by atoms with van der Waals surface area (Å²) in [6, 6.07) is 6.17. The van der Waals surface area contributed by atoms with Gasteiger partial charge in [0.2, 0.25) is 5.91 Å². The molecular weight excluding hydrogens is 285 g/mol. The Balaban J connectivity index is 2.61. The van der Waals surface area contributed by atoms with Crippen LogP contribution >= 0.6 is 0 Å². The van der Waals surface area contributed by atoms with E-state index in [2.05, 4.69) is 5.32 Å². The zero-order valence-electron chi connectivity index (χ0n) is 13.4. The maximum Gasteiger partial charge on any atom is 0.311 e. The Morgan fingerprint density at radius 3 is 2.45 bits per heavy atom. The number of carboxylic acid groups (broad SMARTS) is 1. The van der Waals surface area contributed by atoms with Gasteiger partial charge in [0, 0.05) is 13.0 Å². The molecule has 22 heavy (non-hydrogen) atoms. The summed E-state index contributed by atoms with van der Waals surface area (Å²) in [6.45, 7) is 5.57. The molecule has 2 N–H and O–H groups in total. The Kier molecular flexibility index (Phi) is 6.53. The van der Waals surface area contributed by atoms with E-state index < -0.39 is 11.4 Å². The Bertz CT molecular complexity index is 526. The first kappa shape index (κ1) is 18.1. The third kappa shape index (κ3) is 4.55. The van der Waals surface area contributed by atoms with E-state index in [9.17, 15) is 19.1 Å². The van der Waals surface area contributed by atoms with Gasteiger partial charge >= 0.3 is 5.97 Å². The summed E-state index contributed by atoms with van der Waals surface area (Å²) in [6.07, 6.45) is 1.11. The molecule has 0 saturated carbocycles. The van der Waals surface area contributed by atoms with E-state index in [0.717, 1.165) is 5.56 Å². The second kappa shape index (κ2) is 7.92. The maximum absolute atomic E-state index is 13.2. The van der Waals surface area contributed by atoms with E-state index in [1.165, 1.54) is 12.1 Å². The molecule has 0 saturated heterocycles. The van der Waals surface area contributed by atoms with Crippen LogP contribution in [0.1, 0.15) is 51.5 Å². The fourth-order valence-electron chi connectivity index (χ4n) is 2.43. The molecule has 0 fully saturated rings. The van der Waals surface area contributed by atoms with E-state index in [4.69, 9.17) is 0 Å². The average molecular weight is 309 g/mol. The van der Waals surface area contributed by atoms with Gasteiger partial charge in [-0.3, -0.25) is 9.59 Å². The summed E-state index contributed by atoms with van der Waals surface area (Å²) in [4.78, 5) is 23.4. The van der Waals surface area contributed by atoms with Crippen molar-refractivity contribution in [3.8, 4) is 0 Å². The zero-order chi connectivity index (χ0) is 16.8. The van der Waals surface area contributed by atoms with Gasteiger partial charge in [0.05, 0.1) is 5.41 Å². The van der Waals surface area contributed by atoms with E-state index >= 15 is 0 Å². The molecule has 0 spiro atoms. The highest BCUT2D eigenvalue weighted by atomic mass is 19.1. The number of carbonyl (C=O) groups is 2. The van der Waals surface area contributed by atoms with Crippen molar-refractivity contribution in [2.75, 3.05) is 6.54 Å². The second-order valence-corrected chi connectivity index (χ2v) is 5.73. The number of halogens is 1. The summed E-state index contributed by atoms with van der Waals surface area (Å²) < 4.78 is 13.2. The monoisotopic (exact) mass is 309 g/mol. The van der Waals surface area contributed by atoms with E-state index in [1.54, 1.807) is 26.0 Å². The van der Waals surface area contributed by atoms with Gasteiger partial charge < -0.3 is 10.4 Å². The Labute approximate surface area is 130 Å². The predicted octanol–water partition coefficient (Wildman–Crippen LogP) is 3.33. The van der Waals surface area contributed by atoms with Gasteiger partial charge in [0.1, 0.15) is 5.82 Å². The third-order valence-corrected chi connectivity index (χ3v) is 4.34. The maximum atomic E-state index is 13.2. The summed E-state index contributed by atoms with van der Waals surface area (Å²) in [7, 11) is 0. The SMILES string of the molecule is CCC(CC)(CNC(=O)CC(C)c1cccc(F)c1)C(=O)O. The highest BCUT2D eigenvalue weighted by Gasteiger charge is 2.35. The lowest BCUT2D eigenvalue weighted by molar-refractivity contribution is -0.149. The van der Waals surface area contributed by atoms with Crippen molar-refractivity contribution in [2.45, 2.75) is 46.0 Å². The number of nitrogens with one attached hydrogen (secondary N) is 1. The molecule has 1 amide bonds. The van der Waals surface area contributed by atoms with Gasteiger partial charge in [-0.15, -0.1) is 0 Å². The minimum atomic E-state index is -0.919. The molecule has 0 aliphatic heterocycles. The van der Waals surface area contributed by atoms with Crippen molar-refractivity contribution in [1.82, 2.24) is 5.32 Å². The molecule has 0 aliphatic carbocycles. The number of rotatable bonds is 8. The summed E-state index contributed by atoms with van der Waals surface area (Å²) >= 11 is 0. The number of amides is 1. The van der Waals surface area contributed by atoms with Crippen molar-refractivity contribution < 1.29 is 19.1 Å². The fraction of sp³-hybridized carbons (Fsp3) is 0.529. The van der Waals surface area contributed by atoms with Crippen LogP contribution in [0.25, 0.3) is 0 Å². The van der Waals surface area contributed by atoms with Gasteiger partial charge in [-0.05, 0) is 36.5 Å². The van der Waals surface area contributed by atoms with Crippen LogP contribution in [0.15, 0.2) is 24.3 Å². The Morgan fingerprint density at radius 2 is 1.95 bits per heavy atom. The topological polar surface area (TPSA) is 66.4 Å². The van der Waals surface area contributed by atoms with Crippen molar-refractivity contribution in [3.05, 3.63) is 35.6 Å². The minimum absolute atomic E-state index is 0.115. The Morgan fingerprint density at radius 1 is 1.32 bits per heavy atom. The van der Waals surface area contributed by atoms with Gasteiger partial charge in [-0.1, -0.05) is 32.9 Å². The molecule has 0 heterocycles. The van der Waals surface area contributed by atoms with Gasteiger partial charge in [0.15, 0.2) is 0 Å². The summed E-state index contributed by atoms with van der Waals surface area (Å²) in [5.74, 6) is -1.56. The molecule has 1 atom stereocenters. The molecule has 0 aromatic heterocycles. The Hall–Kier alpha value is -1.91. The normalized spacial score (nSPS) is 12.7. The minimum Gasteiger partial charge on any atom is -0.481 e.